The second kappa shape index (κ2) is 6.66. The Bertz CT molecular complexity index is 237. The third kappa shape index (κ3) is 4.77. The van der Waals surface area contributed by atoms with Crippen molar-refractivity contribution in [3.8, 4) is 0 Å². The van der Waals surface area contributed by atoms with E-state index in [1.807, 2.05) is 6.08 Å². The summed E-state index contributed by atoms with van der Waals surface area (Å²) in [5.74, 6) is 0.0366. The maximum absolute atomic E-state index is 11.5. The summed E-state index contributed by atoms with van der Waals surface area (Å²) in [5, 5.41) is 2.81. The van der Waals surface area contributed by atoms with Gasteiger partial charge >= 0.3 is 0 Å². The number of carbonyl (C=O) groups excluding carboxylic acids is 1. The summed E-state index contributed by atoms with van der Waals surface area (Å²) in [6.45, 7) is 5.38. The maximum atomic E-state index is 11.5. The fourth-order valence-corrected chi connectivity index (χ4v) is 1.72. The lowest BCUT2D eigenvalue weighted by atomic mass is 9.75. The van der Waals surface area contributed by atoms with Crippen molar-refractivity contribution in [3.63, 3.8) is 0 Å². The molecule has 1 aliphatic carbocycles. The zero-order chi connectivity index (χ0) is 11.9. The van der Waals surface area contributed by atoms with Crippen molar-refractivity contribution in [2.24, 2.45) is 5.73 Å². The average molecular weight is 226 g/mol. The normalized spacial score (nSPS) is 17.6. The lowest BCUT2D eigenvalue weighted by Crippen LogP contribution is -2.50. The van der Waals surface area contributed by atoms with Crippen LogP contribution in [0.25, 0.3) is 0 Å². The van der Waals surface area contributed by atoms with Gasteiger partial charge in [0.1, 0.15) is 0 Å². The molecular weight excluding hydrogens is 204 g/mol. The van der Waals surface area contributed by atoms with E-state index < -0.39 is 0 Å². The lowest BCUT2D eigenvalue weighted by Gasteiger charge is -2.37. The molecule has 1 saturated carbocycles. The summed E-state index contributed by atoms with van der Waals surface area (Å²) in [6.07, 6.45) is 6.19. The first kappa shape index (κ1) is 13.2. The minimum Gasteiger partial charge on any atom is -0.379 e. The molecule has 3 N–H and O–H groups in total. The Morgan fingerprint density at radius 2 is 2.25 bits per heavy atom. The number of carbonyl (C=O) groups is 1. The van der Waals surface area contributed by atoms with Crippen molar-refractivity contribution in [1.82, 2.24) is 5.32 Å². The second-order valence-electron chi connectivity index (χ2n) is 4.43. The monoisotopic (exact) mass is 226 g/mol. The molecule has 0 spiro atoms. The van der Waals surface area contributed by atoms with Crippen molar-refractivity contribution in [3.05, 3.63) is 12.7 Å². The van der Waals surface area contributed by atoms with E-state index in [2.05, 4.69) is 11.9 Å². The van der Waals surface area contributed by atoms with Gasteiger partial charge < -0.3 is 15.8 Å². The van der Waals surface area contributed by atoms with Crippen molar-refractivity contribution >= 4 is 5.91 Å². The van der Waals surface area contributed by atoms with E-state index in [1.54, 1.807) is 0 Å². The third-order valence-electron chi connectivity index (χ3n) is 2.90. The Morgan fingerprint density at radius 3 is 2.81 bits per heavy atom. The van der Waals surface area contributed by atoms with Crippen LogP contribution in [0.2, 0.25) is 0 Å². The smallest absolute Gasteiger partial charge is 0.221 e. The summed E-state index contributed by atoms with van der Waals surface area (Å²) >= 11 is 0. The zero-order valence-corrected chi connectivity index (χ0v) is 9.84. The quantitative estimate of drug-likeness (QED) is 0.479. The highest BCUT2D eigenvalue weighted by molar-refractivity contribution is 5.77. The number of ether oxygens (including phenoxy) is 1. The molecule has 0 aliphatic heterocycles. The number of amides is 1. The Labute approximate surface area is 97.2 Å². The Kier molecular flexibility index (Phi) is 5.49. The maximum Gasteiger partial charge on any atom is 0.221 e. The lowest BCUT2D eigenvalue weighted by molar-refractivity contribution is -0.123. The number of nitrogens with one attached hydrogen (secondary N) is 1. The van der Waals surface area contributed by atoms with Crippen LogP contribution in [0.15, 0.2) is 12.7 Å². The van der Waals surface area contributed by atoms with Crippen molar-refractivity contribution in [1.29, 1.82) is 0 Å². The molecule has 0 saturated heterocycles. The Balaban J connectivity index is 1.96. The highest BCUT2D eigenvalue weighted by Crippen LogP contribution is 2.31. The number of hydrogen-bond acceptors (Lipinski definition) is 3. The van der Waals surface area contributed by atoms with Crippen LogP contribution in [0, 0.1) is 0 Å². The molecule has 4 heteroatoms. The SMILES string of the molecule is C=CCCOCCNC(=O)CC1(N)CCC1. The molecule has 92 valence electrons. The first-order valence-corrected chi connectivity index (χ1v) is 5.90. The van der Waals surface area contributed by atoms with Gasteiger partial charge in [0.25, 0.3) is 0 Å². The van der Waals surface area contributed by atoms with E-state index >= 15 is 0 Å². The molecule has 0 atom stereocenters. The van der Waals surface area contributed by atoms with E-state index in [9.17, 15) is 4.79 Å². The molecule has 1 aliphatic rings. The second-order valence-corrected chi connectivity index (χ2v) is 4.43. The minimum absolute atomic E-state index is 0.0366. The molecular formula is C12H22N2O2. The van der Waals surface area contributed by atoms with E-state index in [4.69, 9.17) is 10.5 Å². The van der Waals surface area contributed by atoms with Crippen LogP contribution in [-0.4, -0.2) is 31.2 Å². The first-order valence-electron chi connectivity index (χ1n) is 5.90. The molecule has 1 amide bonds. The van der Waals surface area contributed by atoms with Gasteiger partial charge in [0.2, 0.25) is 5.91 Å². The van der Waals surface area contributed by atoms with Crippen LogP contribution < -0.4 is 11.1 Å². The molecule has 0 radical (unpaired) electrons. The van der Waals surface area contributed by atoms with Gasteiger partial charge in [-0.15, -0.1) is 6.58 Å². The van der Waals surface area contributed by atoms with E-state index in [0.717, 1.165) is 25.7 Å². The summed E-state index contributed by atoms with van der Waals surface area (Å²) in [5.41, 5.74) is 5.74. The number of nitrogens with two attached hydrogens (primary N) is 1. The molecule has 0 aromatic carbocycles. The summed E-state index contributed by atoms with van der Waals surface area (Å²) in [4.78, 5) is 11.5. The summed E-state index contributed by atoms with van der Waals surface area (Å²) in [6, 6.07) is 0. The van der Waals surface area contributed by atoms with Gasteiger partial charge in [-0.3, -0.25) is 4.79 Å². The average Bonchev–Trinajstić information content (AvgIpc) is 2.21. The van der Waals surface area contributed by atoms with Gasteiger partial charge in [-0.2, -0.15) is 0 Å². The first-order chi connectivity index (χ1) is 7.66. The van der Waals surface area contributed by atoms with Crippen LogP contribution in [-0.2, 0) is 9.53 Å². The van der Waals surface area contributed by atoms with Gasteiger partial charge in [-0.25, -0.2) is 0 Å². The molecule has 0 bridgehead atoms. The van der Waals surface area contributed by atoms with Crippen molar-refractivity contribution < 1.29 is 9.53 Å². The van der Waals surface area contributed by atoms with Crippen LogP contribution >= 0.6 is 0 Å². The van der Waals surface area contributed by atoms with Gasteiger partial charge in [0.15, 0.2) is 0 Å². The van der Waals surface area contributed by atoms with Crippen molar-refractivity contribution in [2.45, 2.75) is 37.6 Å². The van der Waals surface area contributed by atoms with E-state index in [-0.39, 0.29) is 11.4 Å². The molecule has 16 heavy (non-hydrogen) atoms. The Hall–Kier alpha value is -0.870. The highest BCUT2D eigenvalue weighted by Gasteiger charge is 2.34. The zero-order valence-electron chi connectivity index (χ0n) is 9.84. The molecule has 1 rings (SSSR count). The molecule has 1 fully saturated rings. The van der Waals surface area contributed by atoms with Crippen LogP contribution in [0.4, 0.5) is 0 Å². The summed E-state index contributed by atoms with van der Waals surface area (Å²) in [7, 11) is 0. The van der Waals surface area contributed by atoms with Crippen LogP contribution in [0.1, 0.15) is 32.1 Å². The van der Waals surface area contributed by atoms with E-state index in [0.29, 0.717) is 26.2 Å². The standard InChI is InChI=1S/C12H22N2O2/c1-2-3-8-16-9-7-14-11(15)10-12(13)5-4-6-12/h2H,1,3-10,13H2,(H,14,15). The molecule has 0 aromatic heterocycles. The molecule has 0 heterocycles. The summed E-state index contributed by atoms with van der Waals surface area (Å²) < 4.78 is 5.28. The van der Waals surface area contributed by atoms with Crippen LogP contribution in [0.3, 0.4) is 0 Å². The van der Waals surface area contributed by atoms with Gasteiger partial charge in [0, 0.05) is 18.5 Å². The fourth-order valence-electron chi connectivity index (χ4n) is 1.72. The molecule has 0 unspecified atom stereocenters. The topological polar surface area (TPSA) is 64.3 Å². The third-order valence-corrected chi connectivity index (χ3v) is 2.90. The van der Waals surface area contributed by atoms with Gasteiger partial charge in [-0.05, 0) is 25.7 Å². The van der Waals surface area contributed by atoms with Crippen molar-refractivity contribution in [2.75, 3.05) is 19.8 Å². The van der Waals surface area contributed by atoms with Gasteiger partial charge in [0.05, 0.1) is 13.2 Å². The number of rotatable bonds is 8. The highest BCUT2D eigenvalue weighted by atomic mass is 16.5. The Morgan fingerprint density at radius 1 is 1.50 bits per heavy atom. The fraction of sp³-hybridized carbons (Fsp3) is 0.750. The van der Waals surface area contributed by atoms with E-state index in [1.165, 1.54) is 0 Å². The molecule has 4 nitrogen and oxygen atoms in total. The minimum atomic E-state index is -0.228. The molecule has 0 aromatic rings. The van der Waals surface area contributed by atoms with Crippen LogP contribution in [0.5, 0.6) is 0 Å². The predicted molar refractivity (Wildman–Crippen MR) is 64.0 cm³/mol. The predicted octanol–water partition coefficient (Wildman–Crippen LogP) is 0.967. The number of hydrogen-bond donors (Lipinski definition) is 2. The van der Waals surface area contributed by atoms with Gasteiger partial charge in [-0.1, -0.05) is 6.08 Å². The largest absolute Gasteiger partial charge is 0.379 e.